The summed E-state index contributed by atoms with van der Waals surface area (Å²) in [7, 11) is 0. The molecule has 1 aromatic rings. The van der Waals surface area contributed by atoms with Crippen molar-refractivity contribution in [2.24, 2.45) is 11.7 Å². The minimum atomic E-state index is -0.0141. The van der Waals surface area contributed by atoms with Gasteiger partial charge >= 0.3 is 0 Å². The Morgan fingerprint density at radius 1 is 1.53 bits per heavy atom. The van der Waals surface area contributed by atoms with Crippen molar-refractivity contribution >= 4 is 0 Å². The minimum Gasteiger partial charge on any atom is -0.323 e. The lowest BCUT2D eigenvalue weighted by atomic mass is 9.87. The second kappa shape index (κ2) is 4.31. The Balaban J connectivity index is 2.08. The summed E-state index contributed by atoms with van der Waals surface area (Å²) in [6.07, 6.45) is 7.12. The topological polar surface area (TPSA) is 56.7 Å². The van der Waals surface area contributed by atoms with Crippen LogP contribution < -0.4 is 5.73 Å². The summed E-state index contributed by atoms with van der Waals surface area (Å²) in [4.78, 5) is 0. The van der Waals surface area contributed by atoms with E-state index in [0.29, 0.717) is 6.04 Å². The molecule has 3 unspecified atom stereocenters. The van der Waals surface area contributed by atoms with E-state index in [1.54, 1.807) is 0 Å². The molecule has 1 aliphatic rings. The van der Waals surface area contributed by atoms with Gasteiger partial charge in [-0.15, -0.1) is 5.10 Å². The highest BCUT2D eigenvalue weighted by Gasteiger charge is 2.21. The van der Waals surface area contributed by atoms with E-state index in [2.05, 4.69) is 17.2 Å². The van der Waals surface area contributed by atoms with Crippen molar-refractivity contribution in [3.63, 3.8) is 0 Å². The number of aromatic nitrogens is 3. The molecule has 1 heterocycles. The standard InChI is InChI=1S/C11H20N4/c1-8-4-3-5-10(6-8)15-7-11(9(2)12)13-14-15/h7-10H,3-6,12H2,1-2H3. The van der Waals surface area contributed by atoms with E-state index >= 15 is 0 Å². The molecule has 2 N–H and O–H groups in total. The number of nitrogens with two attached hydrogens (primary N) is 1. The van der Waals surface area contributed by atoms with Crippen LogP contribution in [0, 0.1) is 5.92 Å². The molecule has 3 atom stereocenters. The third kappa shape index (κ3) is 2.37. The molecule has 1 fully saturated rings. The van der Waals surface area contributed by atoms with Crippen molar-refractivity contribution in [1.29, 1.82) is 0 Å². The average molecular weight is 208 g/mol. The maximum atomic E-state index is 5.77. The maximum absolute atomic E-state index is 5.77. The SMILES string of the molecule is CC1CCCC(n2cc(C(C)N)nn2)C1. The Morgan fingerprint density at radius 3 is 2.93 bits per heavy atom. The number of nitrogens with zero attached hydrogens (tertiary/aromatic N) is 3. The summed E-state index contributed by atoms with van der Waals surface area (Å²) >= 11 is 0. The first-order valence-electron chi connectivity index (χ1n) is 5.84. The minimum absolute atomic E-state index is 0.0141. The summed E-state index contributed by atoms with van der Waals surface area (Å²) in [5, 5.41) is 8.29. The molecule has 0 amide bonds. The van der Waals surface area contributed by atoms with E-state index in [1.807, 2.05) is 17.8 Å². The van der Waals surface area contributed by atoms with Crippen molar-refractivity contribution in [2.45, 2.75) is 51.6 Å². The van der Waals surface area contributed by atoms with Crippen LogP contribution in [0.25, 0.3) is 0 Å². The van der Waals surface area contributed by atoms with Gasteiger partial charge in [-0.3, -0.25) is 0 Å². The van der Waals surface area contributed by atoms with Gasteiger partial charge in [0, 0.05) is 6.04 Å². The van der Waals surface area contributed by atoms with E-state index in [-0.39, 0.29) is 6.04 Å². The van der Waals surface area contributed by atoms with Gasteiger partial charge in [-0.2, -0.15) is 0 Å². The molecule has 0 spiro atoms. The molecule has 0 aromatic carbocycles. The number of rotatable bonds is 2. The largest absolute Gasteiger partial charge is 0.323 e. The summed E-state index contributed by atoms with van der Waals surface area (Å²) in [6.45, 7) is 4.26. The Kier molecular flexibility index (Phi) is 3.05. The Hall–Kier alpha value is -0.900. The van der Waals surface area contributed by atoms with Crippen LogP contribution in [-0.4, -0.2) is 15.0 Å². The fraction of sp³-hybridized carbons (Fsp3) is 0.818. The zero-order chi connectivity index (χ0) is 10.8. The molecular weight excluding hydrogens is 188 g/mol. The highest BCUT2D eigenvalue weighted by atomic mass is 15.4. The molecule has 15 heavy (non-hydrogen) atoms. The first kappa shape index (κ1) is 10.6. The maximum Gasteiger partial charge on any atom is 0.0991 e. The molecule has 4 heteroatoms. The number of hydrogen-bond donors (Lipinski definition) is 1. The van der Waals surface area contributed by atoms with Gasteiger partial charge in [0.25, 0.3) is 0 Å². The first-order chi connectivity index (χ1) is 7.16. The Bertz CT molecular complexity index is 318. The number of hydrogen-bond acceptors (Lipinski definition) is 3. The fourth-order valence-electron chi connectivity index (χ4n) is 2.32. The van der Waals surface area contributed by atoms with Crippen LogP contribution in [-0.2, 0) is 0 Å². The second-order valence-electron chi connectivity index (χ2n) is 4.84. The van der Waals surface area contributed by atoms with Crippen molar-refractivity contribution < 1.29 is 0 Å². The molecule has 0 bridgehead atoms. The lowest BCUT2D eigenvalue weighted by Crippen LogP contribution is -2.18. The van der Waals surface area contributed by atoms with Gasteiger partial charge in [-0.25, -0.2) is 4.68 Å². The van der Waals surface area contributed by atoms with Crippen LogP contribution in [0.5, 0.6) is 0 Å². The summed E-state index contributed by atoms with van der Waals surface area (Å²) in [6, 6.07) is 0.522. The highest BCUT2D eigenvalue weighted by Crippen LogP contribution is 2.31. The van der Waals surface area contributed by atoms with Gasteiger partial charge in [0.05, 0.1) is 17.9 Å². The van der Waals surface area contributed by atoms with Gasteiger partial charge in [-0.1, -0.05) is 25.0 Å². The smallest absolute Gasteiger partial charge is 0.0991 e. The third-order valence-corrected chi connectivity index (χ3v) is 3.28. The van der Waals surface area contributed by atoms with Crippen molar-refractivity contribution in [3.05, 3.63) is 11.9 Å². The molecule has 1 aliphatic carbocycles. The Morgan fingerprint density at radius 2 is 2.33 bits per heavy atom. The van der Waals surface area contributed by atoms with Crippen molar-refractivity contribution in [1.82, 2.24) is 15.0 Å². The first-order valence-corrected chi connectivity index (χ1v) is 5.84. The van der Waals surface area contributed by atoms with E-state index in [9.17, 15) is 0 Å². The van der Waals surface area contributed by atoms with Crippen molar-refractivity contribution in [3.8, 4) is 0 Å². The zero-order valence-corrected chi connectivity index (χ0v) is 9.56. The molecule has 0 saturated heterocycles. The van der Waals surface area contributed by atoms with Gasteiger partial charge in [-0.05, 0) is 25.7 Å². The summed E-state index contributed by atoms with van der Waals surface area (Å²) in [5.74, 6) is 0.812. The molecule has 84 valence electrons. The average Bonchev–Trinajstić information content (AvgIpc) is 2.66. The van der Waals surface area contributed by atoms with E-state index < -0.39 is 0 Å². The van der Waals surface area contributed by atoms with Gasteiger partial charge in [0.2, 0.25) is 0 Å². The van der Waals surface area contributed by atoms with Crippen LogP contribution in [0.1, 0.15) is 57.3 Å². The fourth-order valence-corrected chi connectivity index (χ4v) is 2.32. The van der Waals surface area contributed by atoms with E-state index in [0.717, 1.165) is 11.6 Å². The molecule has 2 rings (SSSR count). The lowest BCUT2D eigenvalue weighted by Gasteiger charge is -2.26. The molecule has 0 aliphatic heterocycles. The predicted molar refractivity (Wildman–Crippen MR) is 59.3 cm³/mol. The lowest BCUT2D eigenvalue weighted by molar-refractivity contribution is 0.263. The summed E-state index contributed by atoms with van der Waals surface area (Å²) in [5.41, 5.74) is 6.66. The van der Waals surface area contributed by atoms with Crippen molar-refractivity contribution in [2.75, 3.05) is 0 Å². The van der Waals surface area contributed by atoms with Gasteiger partial charge in [0.15, 0.2) is 0 Å². The quantitative estimate of drug-likeness (QED) is 0.809. The van der Waals surface area contributed by atoms with E-state index in [4.69, 9.17) is 5.73 Å². The molecule has 0 radical (unpaired) electrons. The van der Waals surface area contributed by atoms with Crippen LogP contribution in [0.15, 0.2) is 6.20 Å². The molecular formula is C11H20N4. The molecule has 1 saturated carbocycles. The van der Waals surface area contributed by atoms with Crippen LogP contribution >= 0.6 is 0 Å². The molecule has 1 aromatic heterocycles. The molecule has 4 nitrogen and oxygen atoms in total. The highest BCUT2D eigenvalue weighted by molar-refractivity contribution is 4.98. The predicted octanol–water partition coefficient (Wildman–Crippen LogP) is 2.05. The van der Waals surface area contributed by atoms with Crippen LogP contribution in [0.2, 0.25) is 0 Å². The monoisotopic (exact) mass is 208 g/mol. The Labute approximate surface area is 90.8 Å². The second-order valence-corrected chi connectivity index (χ2v) is 4.84. The van der Waals surface area contributed by atoms with Crippen LogP contribution in [0.4, 0.5) is 0 Å². The van der Waals surface area contributed by atoms with Crippen LogP contribution in [0.3, 0.4) is 0 Å². The zero-order valence-electron chi connectivity index (χ0n) is 9.56. The normalized spacial score (nSPS) is 29.0. The van der Waals surface area contributed by atoms with Gasteiger partial charge < -0.3 is 5.73 Å². The third-order valence-electron chi connectivity index (χ3n) is 3.28. The van der Waals surface area contributed by atoms with E-state index in [1.165, 1.54) is 25.7 Å². The summed E-state index contributed by atoms with van der Waals surface area (Å²) < 4.78 is 2.01. The van der Waals surface area contributed by atoms with Gasteiger partial charge in [0.1, 0.15) is 0 Å².